The number of aliphatic imine (C=N–C) groups is 1. The second-order valence-corrected chi connectivity index (χ2v) is 7.57. The van der Waals surface area contributed by atoms with Crippen molar-refractivity contribution in [2.24, 2.45) is 10.9 Å². The Labute approximate surface area is 179 Å². The molecule has 1 saturated heterocycles. The molecule has 152 valence electrons. The van der Waals surface area contributed by atoms with Crippen LogP contribution in [0, 0.1) is 11.7 Å². The normalized spacial score (nSPS) is 15.9. The summed E-state index contributed by atoms with van der Waals surface area (Å²) in [6, 6.07) is 6.92. The predicted octanol–water partition coefficient (Wildman–Crippen LogP) is 3.14. The maximum Gasteiger partial charge on any atom is 0.220 e. The number of benzene rings is 1. The van der Waals surface area contributed by atoms with Crippen molar-refractivity contribution in [3.8, 4) is 0 Å². The van der Waals surface area contributed by atoms with Gasteiger partial charge < -0.3 is 15.5 Å². The van der Waals surface area contributed by atoms with Crippen molar-refractivity contribution in [3.63, 3.8) is 0 Å². The molecule has 27 heavy (non-hydrogen) atoms. The molecule has 1 aliphatic heterocycles. The van der Waals surface area contributed by atoms with Gasteiger partial charge in [0.2, 0.25) is 5.91 Å². The van der Waals surface area contributed by atoms with Crippen LogP contribution in [0.2, 0.25) is 0 Å². The molecule has 2 rings (SSSR count). The molecule has 2 N–H and O–H groups in total. The molecule has 1 aliphatic rings. The molecule has 0 atom stereocenters. The zero-order valence-electron chi connectivity index (χ0n) is 16.7. The lowest BCUT2D eigenvalue weighted by molar-refractivity contribution is -0.121. The van der Waals surface area contributed by atoms with E-state index in [1.54, 1.807) is 20.2 Å². The van der Waals surface area contributed by atoms with Crippen LogP contribution in [0.3, 0.4) is 0 Å². The number of carbonyl (C=O) groups is 1. The van der Waals surface area contributed by atoms with Crippen LogP contribution in [0.1, 0.15) is 38.7 Å². The second kappa shape index (κ2) is 10.8. The first-order valence-electron chi connectivity index (χ1n) is 9.28. The Morgan fingerprint density at radius 2 is 1.93 bits per heavy atom. The van der Waals surface area contributed by atoms with Crippen LogP contribution >= 0.6 is 24.0 Å². The van der Waals surface area contributed by atoms with E-state index in [2.05, 4.69) is 20.5 Å². The van der Waals surface area contributed by atoms with Gasteiger partial charge in [-0.05, 0) is 30.4 Å². The van der Waals surface area contributed by atoms with Gasteiger partial charge in [-0.25, -0.2) is 4.39 Å². The van der Waals surface area contributed by atoms with E-state index in [-0.39, 0.29) is 41.1 Å². The van der Waals surface area contributed by atoms with Crippen LogP contribution in [0.25, 0.3) is 0 Å². The van der Waals surface area contributed by atoms with E-state index in [9.17, 15) is 9.18 Å². The number of hydrogen-bond donors (Lipinski definition) is 2. The lowest BCUT2D eigenvalue weighted by Gasteiger charge is -2.35. The zero-order valence-corrected chi connectivity index (χ0v) is 19.0. The highest BCUT2D eigenvalue weighted by atomic mass is 127. The van der Waals surface area contributed by atoms with Gasteiger partial charge in [-0.1, -0.05) is 32.0 Å². The SMILES string of the molecule is CN=C(NCC(C)(C)c1ccccc1F)N1CCC(CC(=O)NC)CC1.I. The van der Waals surface area contributed by atoms with E-state index in [0.29, 0.717) is 24.4 Å². The standard InChI is InChI=1S/C20H31FN4O.HI/c1-20(2,16-7-5-6-8-17(16)21)14-24-19(23-4)25-11-9-15(10-12-25)13-18(26)22-3;/h5-8,15H,9-14H2,1-4H3,(H,22,26)(H,23,24);1H. The third-order valence-electron chi connectivity index (χ3n) is 5.17. The number of nitrogens with one attached hydrogen (secondary N) is 2. The molecule has 0 unspecified atom stereocenters. The summed E-state index contributed by atoms with van der Waals surface area (Å²) in [4.78, 5) is 18.1. The summed E-state index contributed by atoms with van der Waals surface area (Å²) in [5.41, 5.74) is 0.353. The topological polar surface area (TPSA) is 56.7 Å². The van der Waals surface area contributed by atoms with Crippen molar-refractivity contribution in [2.45, 2.75) is 38.5 Å². The average molecular weight is 490 g/mol. The van der Waals surface area contributed by atoms with E-state index >= 15 is 0 Å². The van der Waals surface area contributed by atoms with Gasteiger partial charge in [-0.3, -0.25) is 9.79 Å². The summed E-state index contributed by atoms with van der Waals surface area (Å²) < 4.78 is 14.1. The Balaban J connectivity index is 0.00000364. The summed E-state index contributed by atoms with van der Waals surface area (Å²) in [6.45, 7) is 6.41. The van der Waals surface area contributed by atoms with Gasteiger partial charge in [0.15, 0.2) is 5.96 Å². The smallest absolute Gasteiger partial charge is 0.220 e. The minimum atomic E-state index is -0.348. The molecule has 0 aliphatic carbocycles. The molecule has 1 heterocycles. The van der Waals surface area contributed by atoms with Crippen molar-refractivity contribution in [3.05, 3.63) is 35.6 Å². The third kappa shape index (κ3) is 6.62. The lowest BCUT2D eigenvalue weighted by atomic mass is 9.84. The third-order valence-corrected chi connectivity index (χ3v) is 5.17. The van der Waals surface area contributed by atoms with Crippen molar-refractivity contribution in [1.82, 2.24) is 15.5 Å². The van der Waals surface area contributed by atoms with Gasteiger partial charge in [0.1, 0.15) is 5.82 Å². The van der Waals surface area contributed by atoms with Crippen LogP contribution in [-0.4, -0.2) is 50.5 Å². The highest BCUT2D eigenvalue weighted by Gasteiger charge is 2.27. The molecule has 0 radical (unpaired) electrons. The van der Waals surface area contributed by atoms with E-state index in [1.807, 2.05) is 26.0 Å². The predicted molar refractivity (Wildman–Crippen MR) is 119 cm³/mol. The highest BCUT2D eigenvalue weighted by Crippen LogP contribution is 2.25. The van der Waals surface area contributed by atoms with E-state index in [0.717, 1.165) is 31.9 Å². The summed E-state index contributed by atoms with van der Waals surface area (Å²) in [5.74, 6) is 1.20. The first-order chi connectivity index (χ1) is 12.4. The number of halogens is 2. The molecule has 0 spiro atoms. The Morgan fingerprint density at radius 1 is 1.30 bits per heavy atom. The highest BCUT2D eigenvalue weighted by molar-refractivity contribution is 14.0. The van der Waals surface area contributed by atoms with Crippen molar-refractivity contribution in [2.75, 3.05) is 33.7 Å². The summed E-state index contributed by atoms with van der Waals surface area (Å²) in [7, 11) is 3.45. The maximum absolute atomic E-state index is 14.1. The largest absolute Gasteiger partial charge is 0.359 e. The fraction of sp³-hybridized carbons (Fsp3) is 0.600. The summed E-state index contributed by atoms with van der Waals surface area (Å²) >= 11 is 0. The van der Waals surface area contributed by atoms with Crippen LogP contribution < -0.4 is 10.6 Å². The average Bonchev–Trinajstić information content (AvgIpc) is 2.63. The Kier molecular flexibility index (Phi) is 9.49. The van der Waals surface area contributed by atoms with Gasteiger partial charge in [0, 0.05) is 45.6 Å². The van der Waals surface area contributed by atoms with E-state index < -0.39 is 0 Å². The number of nitrogens with zero attached hydrogens (tertiary/aromatic N) is 2. The minimum Gasteiger partial charge on any atom is -0.359 e. The molecular formula is C20H32FIN4O. The first kappa shape index (κ1) is 23.7. The molecule has 7 heteroatoms. The molecule has 0 saturated carbocycles. The first-order valence-corrected chi connectivity index (χ1v) is 9.28. The molecule has 1 fully saturated rings. The summed E-state index contributed by atoms with van der Waals surface area (Å²) in [5, 5.41) is 6.10. The fourth-order valence-corrected chi connectivity index (χ4v) is 3.45. The molecule has 0 bridgehead atoms. The van der Waals surface area contributed by atoms with Gasteiger partial charge in [0.25, 0.3) is 0 Å². The van der Waals surface area contributed by atoms with Crippen molar-refractivity contribution in [1.29, 1.82) is 0 Å². The van der Waals surface area contributed by atoms with Gasteiger partial charge >= 0.3 is 0 Å². The molecule has 1 amide bonds. The second-order valence-electron chi connectivity index (χ2n) is 7.57. The maximum atomic E-state index is 14.1. The number of amides is 1. The molecule has 5 nitrogen and oxygen atoms in total. The Hall–Kier alpha value is -1.38. The number of carbonyl (C=O) groups excluding carboxylic acids is 1. The minimum absolute atomic E-state index is 0. The number of guanidine groups is 1. The van der Waals surface area contributed by atoms with Crippen molar-refractivity contribution >= 4 is 35.8 Å². The molecule has 0 aromatic heterocycles. The van der Waals surface area contributed by atoms with Gasteiger partial charge in [-0.2, -0.15) is 0 Å². The Bertz CT molecular complexity index is 643. The van der Waals surface area contributed by atoms with Crippen molar-refractivity contribution < 1.29 is 9.18 Å². The van der Waals surface area contributed by atoms with E-state index in [1.165, 1.54) is 6.07 Å². The zero-order chi connectivity index (χ0) is 19.2. The number of likely N-dealkylation sites (tertiary alicyclic amines) is 1. The Morgan fingerprint density at radius 3 is 2.48 bits per heavy atom. The fourth-order valence-electron chi connectivity index (χ4n) is 3.45. The van der Waals surface area contributed by atoms with Gasteiger partial charge in [-0.15, -0.1) is 24.0 Å². The number of rotatable bonds is 5. The van der Waals surface area contributed by atoms with Gasteiger partial charge in [0.05, 0.1) is 0 Å². The lowest BCUT2D eigenvalue weighted by Crippen LogP contribution is -2.49. The van der Waals surface area contributed by atoms with Crippen LogP contribution in [0.5, 0.6) is 0 Å². The quantitative estimate of drug-likeness (QED) is 0.379. The van der Waals surface area contributed by atoms with Crippen LogP contribution in [-0.2, 0) is 10.2 Å². The number of hydrogen-bond acceptors (Lipinski definition) is 2. The molecular weight excluding hydrogens is 458 g/mol. The molecule has 1 aromatic rings. The van der Waals surface area contributed by atoms with Crippen LogP contribution in [0.15, 0.2) is 29.3 Å². The molecule has 1 aromatic carbocycles. The monoisotopic (exact) mass is 490 g/mol. The number of piperidine rings is 1. The van der Waals surface area contributed by atoms with Crippen LogP contribution in [0.4, 0.5) is 4.39 Å². The van der Waals surface area contributed by atoms with E-state index in [4.69, 9.17) is 0 Å². The summed E-state index contributed by atoms with van der Waals surface area (Å²) in [6.07, 6.45) is 2.55.